The summed E-state index contributed by atoms with van der Waals surface area (Å²) in [5.74, 6) is 0.993. The van der Waals surface area contributed by atoms with Gasteiger partial charge >= 0.3 is 5.69 Å². The monoisotopic (exact) mass is 598 g/mol. The van der Waals surface area contributed by atoms with E-state index < -0.39 is 5.69 Å². The first-order chi connectivity index (χ1) is 20.6. The Morgan fingerprint density at radius 1 is 1.12 bits per heavy atom. The normalized spacial score (nSPS) is 16.3. The molecule has 2 aliphatic heterocycles. The van der Waals surface area contributed by atoms with E-state index in [1.807, 2.05) is 45.0 Å². The van der Waals surface area contributed by atoms with E-state index in [4.69, 9.17) is 21.3 Å². The van der Waals surface area contributed by atoms with Gasteiger partial charge in [0.2, 0.25) is 5.91 Å². The lowest BCUT2D eigenvalue weighted by molar-refractivity contribution is -0.126. The summed E-state index contributed by atoms with van der Waals surface area (Å²) >= 11 is 7.22. The Kier molecular flexibility index (Phi) is 7.46. The number of anilines is 1. The fraction of sp³-hybridized carbons (Fsp3) is 0.364. The van der Waals surface area contributed by atoms with Crippen LogP contribution in [0, 0.1) is 6.92 Å². The van der Waals surface area contributed by atoms with Gasteiger partial charge in [-0.2, -0.15) is 4.98 Å². The Balaban J connectivity index is 1.71. The molecule has 10 heteroatoms. The summed E-state index contributed by atoms with van der Waals surface area (Å²) in [6.45, 7) is 15.5. The third-order valence-corrected chi connectivity index (χ3v) is 8.68. The van der Waals surface area contributed by atoms with Gasteiger partial charge in [-0.25, -0.2) is 14.3 Å². The van der Waals surface area contributed by atoms with Gasteiger partial charge in [0.05, 0.1) is 23.1 Å². The minimum absolute atomic E-state index is 0.0382. The van der Waals surface area contributed by atoms with E-state index >= 15 is 0 Å². The Bertz CT molecular complexity index is 1830. The van der Waals surface area contributed by atoms with Crippen molar-refractivity contribution in [2.75, 3.05) is 31.1 Å². The van der Waals surface area contributed by atoms with Crippen LogP contribution >= 0.6 is 11.6 Å². The number of rotatable bonds is 5. The van der Waals surface area contributed by atoms with E-state index in [0.717, 1.165) is 22.4 Å². The maximum atomic E-state index is 14.2. The molecule has 43 heavy (non-hydrogen) atoms. The van der Waals surface area contributed by atoms with Crippen LogP contribution < -0.4 is 15.3 Å². The molecule has 222 valence electrons. The van der Waals surface area contributed by atoms with Crippen LogP contribution in [0.15, 0.2) is 54.0 Å². The molecule has 1 fully saturated rings. The third-order valence-electron chi connectivity index (χ3n) is 8.33. The third kappa shape index (κ3) is 4.76. The van der Waals surface area contributed by atoms with Gasteiger partial charge in [0.15, 0.2) is 11.4 Å². The largest absolute Gasteiger partial charge is 0.489 e. The fourth-order valence-electron chi connectivity index (χ4n) is 6.19. The van der Waals surface area contributed by atoms with E-state index in [2.05, 4.69) is 41.4 Å². The van der Waals surface area contributed by atoms with Crippen molar-refractivity contribution in [2.24, 2.45) is 0 Å². The first-order valence-corrected chi connectivity index (χ1v) is 15.0. The van der Waals surface area contributed by atoms with Crippen LogP contribution in [0.3, 0.4) is 0 Å². The molecule has 1 amide bonds. The topological polar surface area (TPSA) is 93.5 Å². The lowest BCUT2D eigenvalue weighted by Gasteiger charge is -2.40. The van der Waals surface area contributed by atoms with Gasteiger partial charge in [-0.3, -0.25) is 9.78 Å². The summed E-state index contributed by atoms with van der Waals surface area (Å²) in [5, 5.41) is 0.930. The summed E-state index contributed by atoms with van der Waals surface area (Å²) in [6.07, 6.45) is 3.08. The van der Waals surface area contributed by atoms with Crippen LogP contribution in [0.4, 0.5) is 5.82 Å². The SMILES string of the molecule is C=CC(=O)N1CCN2c3nc(=O)n(-c4c(C)ccnc4C(C)C)c4nc(-c5ccccc5C(C)C)c(Cl)c(c34)OC[C@@H]2C1. The highest BCUT2D eigenvalue weighted by molar-refractivity contribution is 6.36. The van der Waals surface area contributed by atoms with E-state index in [-0.39, 0.29) is 30.4 Å². The second-order valence-corrected chi connectivity index (χ2v) is 12.1. The smallest absolute Gasteiger partial charge is 0.355 e. The number of carbonyl (C=O) groups excluding carboxylic acids is 1. The molecule has 0 aliphatic carbocycles. The molecule has 0 saturated carbocycles. The van der Waals surface area contributed by atoms with Gasteiger partial charge in [0.25, 0.3) is 0 Å². The van der Waals surface area contributed by atoms with Gasteiger partial charge in [0, 0.05) is 31.4 Å². The molecular weight excluding hydrogens is 564 g/mol. The van der Waals surface area contributed by atoms with Gasteiger partial charge in [-0.15, -0.1) is 0 Å². The van der Waals surface area contributed by atoms with Crippen LogP contribution in [0.5, 0.6) is 5.75 Å². The molecular formula is C33H35ClN6O3. The standard InChI is InChI=1S/C33H35ClN6O3/c1-7-24(41)38-14-15-39-21(16-38)17-43-30-25-31(39)37-33(42)40(29-20(6)12-13-35-27(29)19(4)5)32(25)36-28(26(30)34)23-11-9-8-10-22(23)18(2)3/h7-13,18-19,21H,1,14-17H2,2-6H3/t21-/m0/s1. The number of aryl methyl sites for hydroxylation is 1. The number of aromatic nitrogens is 4. The molecule has 4 aromatic rings. The van der Waals surface area contributed by atoms with Gasteiger partial charge in [-0.05, 0) is 42.0 Å². The van der Waals surface area contributed by atoms with Gasteiger partial charge in [0.1, 0.15) is 22.8 Å². The second kappa shape index (κ2) is 11.1. The number of ether oxygens (including phenoxy) is 1. The molecule has 3 aromatic heterocycles. The molecule has 9 nitrogen and oxygen atoms in total. The molecule has 6 rings (SSSR count). The molecule has 0 spiro atoms. The average molecular weight is 599 g/mol. The maximum Gasteiger partial charge on any atom is 0.355 e. The lowest BCUT2D eigenvalue weighted by Crippen LogP contribution is -2.56. The minimum atomic E-state index is -0.463. The van der Waals surface area contributed by atoms with Crippen LogP contribution in [0.25, 0.3) is 28.0 Å². The molecule has 5 heterocycles. The molecule has 0 unspecified atom stereocenters. The number of hydrogen-bond acceptors (Lipinski definition) is 7. The summed E-state index contributed by atoms with van der Waals surface area (Å²) in [5.41, 5.74) is 4.74. The number of amides is 1. The number of pyridine rings is 2. The van der Waals surface area contributed by atoms with Crippen molar-refractivity contribution >= 4 is 34.4 Å². The summed E-state index contributed by atoms with van der Waals surface area (Å²) in [6, 6.07) is 9.67. The number of carbonyl (C=O) groups is 1. The molecule has 0 radical (unpaired) electrons. The molecule has 1 atom stereocenters. The highest BCUT2D eigenvalue weighted by atomic mass is 35.5. The quantitative estimate of drug-likeness (QED) is 0.274. The van der Waals surface area contributed by atoms with Crippen molar-refractivity contribution in [3.8, 4) is 22.7 Å². The predicted molar refractivity (Wildman–Crippen MR) is 170 cm³/mol. The van der Waals surface area contributed by atoms with E-state index in [9.17, 15) is 9.59 Å². The van der Waals surface area contributed by atoms with Crippen molar-refractivity contribution < 1.29 is 9.53 Å². The van der Waals surface area contributed by atoms with Gasteiger partial charge in [-0.1, -0.05) is 70.1 Å². The van der Waals surface area contributed by atoms with Crippen molar-refractivity contribution in [1.29, 1.82) is 0 Å². The fourth-order valence-corrected chi connectivity index (χ4v) is 6.48. The van der Waals surface area contributed by atoms with E-state index in [0.29, 0.717) is 58.6 Å². The molecule has 0 bridgehead atoms. The number of nitrogens with zero attached hydrogens (tertiary/aromatic N) is 6. The van der Waals surface area contributed by atoms with Crippen molar-refractivity contribution in [2.45, 2.75) is 52.5 Å². The van der Waals surface area contributed by atoms with Crippen LogP contribution in [-0.4, -0.2) is 62.6 Å². The summed E-state index contributed by atoms with van der Waals surface area (Å²) in [7, 11) is 0. The summed E-state index contributed by atoms with van der Waals surface area (Å²) in [4.78, 5) is 45.0. The number of halogens is 1. The second-order valence-electron chi connectivity index (χ2n) is 11.8. The van der Waals surface area contributed by atoms with Crippen molar-refractivity contribution in [3.63, 3.8) is 0 Å². The molecule has 1 saturated heterocycles. The van der Waals surface area contributed by atoms with Gasteiger partial charge < -0.3 is 14.5 Å². The van der Waals surface area contributed by atoms with Crippen LogP contribution in [0.2, 0.25) is 5.02 Å². The van der Waals surface area contributed by atoms with Crippen LogP contribution in [-0.2, 0) is 4.79 Å². The number of piperazine rings is 1. The van der Waals surface area contributed by atoms with Crippen LogP contribution in [0.1, 0.15) is 56.4 Å². The van der Waals surface area contributed by atoms with Crippen molar-refractivity contribution in [3.05, 3.63) is 81.5 Å². The maximum absolute atomic E-state index is 14.2. The molecule has 1 aromatic carbocycles. The highest BCUT2D eigenvalue weighted by Gasteiger charge is 2.37. The average Bonchev–Trinajstić information content (AvgIpc) is 3.15. The number of benzene rings is 1. The Morgan fingerprint density at radius 3 is 2.60 bits per heavy atom. The minimum Gasteiger partial charge on any atom is -0.489 e. The molecule has 2 aliphatic rings. The Labute approximate surface area is 255 Å². The predicted octanol–water partition coefficient (Wildman–Crippen LogP) is 5.65. The van der Waals surface area contributed by atoms with E-state index in [1.54, 1.807) is 15.7 Å². The zero-order valence-corrected chi connectivity index (χ0v) is 25.9. The number of fused-ring (bicyclic) bond motifs is 2. The first kappa shape index (κ1) is 28.9. The molecule has 0 N–H and O–H groups in total. The highest BCUT2D eigenvalue weighted by Crippen LogP contribution is 2.46. The Hall–Kier alpha value is -4.24. The lowest BCUT2D eigenvalue weighted by atomic mass is 9.95. The first-order valence-electron chi connectivity index (χ1n) is 14.6. The van der Waals surface area contributed by atoms with Crippen molar-refractivity contribution in [1.82, 2.24) is 24.4 Å². The summed E-state index contributed by atoms with van der Waals surface area (Å²) < 4.78 is 8.10. The zero-order valence-electron chi connectivity index (χ0n) is 25.1. The Morgan fingerprint density at radius 2 is 1.88 bits per heavy atom. The zero-order chi connectivity index (χ0) is 30.6. The number of hydrogen-bond donors (Lipinski definition) is 0. The van der Waals surface area contributed by atoms with E-state index in [1.165, 1.54) is 6.08 Å².